The lowest BCUT2D eigenvalue weighted by molar-refractivity contribution is -0.152. The Kier molecular flexibility index (Phi) is 5.78. The fourth-order valence-electron chi connectivity index (χ4n) is 2.26. The van der Waals surface area contributed by atoms with Gasteiger partial charge in [0, 0.05) is 0 Å². The minimum absolute atomic E-state index is 0.491. The Labute approximate surface area is 158 Å². The summed E-state index contributed by atoms with van der Waals surface area (Å²) in [5.41, 5.74) is -0.507. The molecular formula is C21H24O6. The maximum atomic E-state index is 11.1. The average molecular weight is 372 g/mol. The monoisotopic (exact) mass is 372 g/mol. The smallest absolute Gasteiger partial charge is 0.347 e. The normalized spacial score (nSPS) is 11.7. The van der Waals surface area contributed by atoms with Crippen molar-refractivity contribution in [3.63, 3.8) is 0 Å². The first-order valence-electron chi connectivity index (χ1n) is 8.52. The van der Waals surface area contributed by atoms with E-state index in [4.69, 9.17) is 19.7 Å². The minimum Gasteiger partial charge on any atom is -0.478 e. The summed E-state index contributed by atoms with van der Waals surface area (Å²) < 4.78 is 11.0. The molecule has 0 bridgehead atoms. The number of aliphatic carboxylic acids is 2. The van der Waals surface area contributed by atoms with E-state index < -0.39 is 23.1 Å². The van der Waals surface area contributed by atoms with Gasteiger partial charge in [0.05, 0.1) is 0 Å². The van der Waals surface area contributed by atoms with Gasteiger partial charge < -0.3 is 19.7 Å². The van der Waals surface area contributed by atoms with Crippen LogP contribution in [0.5, 0.6) is 11.5 Å². The molecule has 0 fully saturated rings. The molecule has 0 aliphatic heterocycles. The molecule has 2 N–H and O–H groups in total. The van der Waals surface area contributed by atoms with E-state index >= 15 is 0 Å². The highest BCUT2D eigenvalue weighted by atomic mass is 16.5. The van der Waals surface area contributed by atoms with Crippen LogP contribution in [-0.2, 0) is 16.0 Å². The molecule has 0 aliphatic rings. The van der Waals surface area contributed by atoms with Gasteiger partial charge >= 0.3 is 11.9 Å². The lowest BCUT2D eigenvalue weighted by atomic mass is 10.0. The molecule has 27 heavy (non-hydrogen) atoms. The van der Waals surface area contributed by atoms with Crippen molar-refractivity contribution < 1.29 is 29.3 Å². The molecule has 0 atom stereocenters. The maximum Gasteiger partial charge on any atom is 0.347 e. The van der Waals surface area contributed by atoms with Crippen molar-refractivity contribution in [3.05, 3.63) is 59.7 Å². The Hall–Kier alpha value is -3.02. The highest BCUT2D eigenvalue weighted by Crippen LogP contribution is 2.23. The summed E-state index contributed by atoms with van der Waals surface area (Å²) in [6.45, 7) is 5.99. The molecule has 0 amide bonds. The van der Waals surface area contributed by atoms with Gasteiger partial charge in [-0.2, -0.15) is 0 Å². The third-order valence-electron chi connectivity index (χ3n) is 4.03. The zero-order valence-electron chi connectivity index (χ0n) is 15.9. The Morgan fingerprint density at radius 3 is 1.26 bits per heavy atom. The predicted molar refractivity (Wildman–Crippen MR) is 100 cm³/mol. The zero-order chi connectivity index (χ0) is 20.2. The van der Waals surface area contributed by atoms with Crippen molar-refractivity contribution in [2.75, 3.05) is 0 Å². The van der Waals surface area contributed by atoms with Gasteiger partial charge in [0.15, 0.2) is 11.2 Å². The Bertz CT molecular complexity index is 734. The molecule has 2 aromatic rings. The van der Waals surface area contributed by atoms with Crippen LogP contribution in [0.4, 0.5) is 0 Å². The van der Waals surface area contributed by atoms with Gasteiger partial charge in [-0.1, -0.05) is 24.3 Å². The molecule has 0 aromatic heterocycles. The molecule has 2 rings (SSSR count). The van der Waals surface area contributed by atoms with Crippen LogP contribution in [0.3, 0.4) is 0 Å². The van der Waals surface area contributed by atoms with Crippen LogP contribution in [0.2, 0.25) is 0 Å². The highest BCUT2D eigenvalue weighted by Gasteiger charge is 2.30. The van der Waals surface area contributed by atoms with Gasteiger partial charge in [0.1, 0.15) is 11.5 Å². The van der Waals surface area contributed by atoms with Crippen LogP contribution in [0, 0.1) is 0 Å². The van der Waals surface area contributed by atoms with E-state index in [-0.39, 0.29) is 0 Å². The van der Waals surface area contributed by atoms with Crippen molar-refractivity contribution in [2.24, 2.45) is 0 Å². The lowest BCUT2D eigenvalue weighted by Gasteiger charge is -2.21. The van der Waals surface area contributed by atoms with E-state index in [0.29, 0.717) is 17.9 Å². The standard InChI is InChI=1S/C21H24O6/c1-20(2,18(22)23)26-16-9-5-14(6-10-16)13-15-7-11-17(12-8-15)27-21(3,4)19(24)25/h5-12H,13H2,1-4H3,(H,22,23)(H,24,25). The quantitative estimate of drug-likeness (QED) is 0.733. The molecule has 0 heterocycles. The van der Waals surface area contributed by atoms with Crippen LogP contribution >= 0.6 is 0 Å². The van der Waals surface area contributed by atoms with Gasteiger partial charge in [0.25, 0.3) is 0 Å². The topological polar surface area (TPSA) is 93.1 Å². The molecular weight excluding hydrogens is 348 g/mol. The second-order valence-electron chi connectivity index (χ2n) is 7.30. The average Bonchev–Trinajstić information content (AvgIpc) is 2.57. The fourth-order valence-corrected chi connectivity index (χ4v) is 2.26. The number of ether oxygens (including phenoxy) is 2. The fraction of sp³-hybridized carbons (Fsp3) is 0.333. The number of carboxylic acid groups (broad SMARTS) is 2. The van der Waals surface area contributed by atoms with E-state index in [1.807, 2.05) is 24.3 Å². The van der Waals surface area contributed by atoms with E-state index in [9.17, 15) is 9.59 Å². The summed E-state index contributed by atoms with van der Waals surface area (Å²) in [5, 5.41) is 18.2. The molecule has 6 heteroatoms. The predicted octanol–water partition coefficient (Wildman–Crippen LogP) is 3.76. The molecule has 0 saturated carbocycles. The third-order valence-corrected chi connectivity index (χ3v) is 4.03. The first-order chi connectivity index (χ1) is 12.5. The molecule has 0 unspecified atom stereocenters. The Balaban J connectivity index is 2.01. The largest absolute Gasteiger partial charge is 0.478 e. The second kappa shape index (κ2) is 7.70. The Morgan fingerprint density at radius 2 is 1.00 bits per heavy atom. The summed E-state index contributed by atoms with van der Waals surface area (Å²) in [4.78, 5) is 22.2. The number of rotatable bonds is 8. The van der Waals surface area contributed by atoms with Crippen molar-refractivity contribution in [2.45, 2.75) is 45.3 Å². The number of carbonyl (C=O) groups is 2. The SMILES string of the molecule is CC(C)(Oc1ccc(Cc2ccc(OC(C)(C)C(=O)O)cc2)cc1)C(=O)O. The van der Waals surface area contributed by atoms with Crippen molar-refractivity contribution in [3.8, 4) is 11.5 Å². The van der Waals surface area contributed by atoms with Gasteiger partial charge in [-0.25, -0.2) is 9.59 Å². The summed E-state index contributed by atoms with van der Waals surface area (Å²) in [6.07, 6.45) is 0.672. The molecule has 0 aliphatic carbocycles. The van der Waals surface area contributed by atoms with E-state index in [1.54, 1.807) is 24.3 Å². The minimum atomic E-state index is -1.29. The number of benzene rings is 2. The number of carboxylic acids is 2. The second-order valence-corrected chi connectivity index (χ2v) is 7.30. The molecule has 0 spiro atoms. The molecule has 6 nitrogen and oxygen atoms in total. The van der Waals surface area contributed by atoms with Crippen molar-refractivity contribution in [1.82, 2.24) is 0 Å². The van der Waals surface area contributed by atoms with Crippen LogP contribution in [0.1, 0.15) is 38.8 Å². The summed E-state index contributed by atoms with van der Waals surface area (Å²) >= 11 is 0. The zero-order valence-corrected chi connectivity index (χ0v) is 15.9. The van der Waals surface area contributed by atoms with Crippen LogP contribution in [-0.4, -0.2) is 33.4 Å². The van der Waals surface area contributed by atoms with E-state index in [0.717, 1.165) is 11.1 Å². The maximum absolute atomic E-state index is 11.1. The van der Waals surface area contributed by atoms with Gasteiger partial charge in [0.2, 0.25) is 0 Å². The summed E-state index contributed by atoms with van der Waals surface area (Å²) in [6, 6.07) is 14.5. The third kappa shape index (κ3) is 5.48. The van der Waals surface area contributed by atoms with Gasteiger partial charge in [-0.05, 0) is 69.5 Å². The molecule has 0 radical (unpaired) electrons. The first kappa shape index (κ1) is 20.3. The summed E-state index contributed by atoms with van der Waals surface area (Å²) in [7, 11) is 0. The van der Waals surface area contributed by atoms with E-state index in [1.165, 1.54) is 27.7 Å². The van der Waals surface area contributed by atoms with Crippen molar-refractivity contribution in [1.29, 1.82) is 0 Å². The van der Waals surface area contributed by atoms with Crippen LogP contribution < -0.4 is 9.47 Å². The van der Waals surface area contributed by atoms with E-state index in [2.05, 4.69) is 0 Å². The molecule has 2 aromatic carbocycles. The number of hydrogen-bond acceptors (Lipinski definition) is 4. The molecule has 0 saturated heterocycles. The lowest BCUT2D eigenvalue weighted by Crippen LogP contribution is -2.37. The van der Waals surface area contributed by atoms with Crippen LogP contribution in [0.15, 0.2) is 48.5 Å². The van der Waals surface area contributed by atoms with Crippen LogP contribution in [0.25, 0.3) is 0 Å². The number of hydrogen-bond donors (Lipinski definition) is 2. The van der Waals surface area contributed by atoms with Crippen molar-refractivity contribution >= 4 is 11.9 Å². The highest BCUT2D eigenvalue weighted by molar-refractivity contribution is 5.77. The van der Waals surface area contributed by atoms with Gasteiger partial charge in [-0.15, -0.1) is 0 Å². The summed E-state index contributed by atoms with van der Waals surface area (Å²) in [5.74, 6) is -1.07. The Morgan fingerprint density at radius 1 is 0.704 bits per heavy atom. The van der Waals surface area contributed by atoms with Gasteiger partial charge in [-0.3, -0.25) is 0 Å². The first-order valence-corrected chi connectivity index (χ1v) is 8.52. The molecule has 144 valence electrons.